The molecule has 1 spiro atoms. The van der Waals surface area contributed by atoms with Gasteiger partial charge in [-0.05, 0) is 32.3 Å². The van der Waals surface area contributed by atoms with Crippen molar-refractivity contribution < 1.29 is 14.7 Å². The molecule has 1 heterocycles. The number of allylic oxidation sites excluding steroid dienone is 2. The predicted octanol–water partition coefficient (Wildman–Crippen LogP) is 3.61. The molecule has 0 bridgehead atoms. The fourth-order valence-electron chi connectivity index (χ4n) is 3.64. The third-order valence-corrected chi connectivity index (χ3v) is 5.58. The Morgan fingerprint density at radius 2 is 2.14 bits per heavy atom. The van der Waals surface area contributed by atoms with Crippen LogP contribution < -0.4 is 5.48 Å². The van der Waals surface area contributed by atoms with E-state index in [1.54, 1.807) is 0 Å². The van der Waals surface area contributed by atoms with Crippen LogP contribution in [0.2, 0.25) is 0 Å². The number of ether oxygens (including phenoxy) is 1. The zero-order valence-electron chi connectivity index (χ0n) is 13.5. The normalized spacial score (nSPS) is 33.0. The number of aliphatic hydroxyl groups excluding tert-OH is 1. The van der Waals surface area contributed by atoms with E-state index in [1.807, 2.05) is 13.0 Å². The summed E-state index contributed by atoms with van der Waals surface area (Å²) in [7, 11) is 0. The van der Waals surface area contributed by atoms with E-state index in [9.17, 15) is 5.11 Å². The maximum absolute atomic E-state index is 10.3. The van der Waals surface area contributed by atoms with Crippen LogP contribution in [0.25, 0.3) is 0 Å². The lowest BCUT2D eigenvalue weighted by molar-refractivity contribution is -0.121. The smallest absolute Gasteiger partial charge is 0.111 e. The molecule has 0 aromatic carbocycles. The summed E-state index contributed by atoms with van der Waals surface area (Å²) < 4.78 is 6.49. The fraction of sp³-hybridized carbons (Fsp3) is 0.765. The minimum Gasteiger partial charge on any atom is -0.512 e. The van der Waals surface area contributed by atoms with Crippen molar-refractivity contribution in [2.75, 3.05) is 6.61 Å². The first-order valence-corrected chi connectivity index (χ1v) is 8.11. The Morgan fingerprint density at radius 3 is 2.71 bits per heavy atom. The Bertz CT molecular complexity index is 488. The average Bonchev–Trinajstić information content (AvgIpc) is 2.41. The van der Waals surface area contributed by atoms with Crippen molar-refractivity contribution in [3.63, 3.8) is 0 Å². The second kappa shape index (κ2) is 5.03. The molecule has 1 saturated carbocycles. The molecule has 0 amide bonds. The number of rotatable bonds is 3. The number of aliphatic hydroxyl groups is 1. The largest absolute Gasteiger partial charge is 0.512 e. The van der Waals surface area contributed by atoms with Gasteiger partial charge in [-0.3, -0.25) is 0 Å². The molecule has 21 heavy (non-hydrogen) atoms. The molecule has 0 saturated heterocycles. The predicted molar refractivity (Wildman–Crippen MR) is 81.5 cm³/mol. The van der Waals surface area contributed by atoms with E-state index in [-0.39, 0.29) is 23.0 Å². The van der Waals surface area contributed by atoms with Crippen molar-refractivity contribution in [3.05, 3.63) is 23.2 Å². The van der Waals surface area contributed by atoms with Gasteiger partial charge in [0.2, 0.25) is 0 Å². The van der Waals surface area contributed by atoms with E-state index in [0.717, 1.165) is 30.6 Å². The number of nitrogens with one attached hydrogen (secondary N) is 1. The summed E-state index contributed by atoms with van der Waals surface area (Å²) in [5.74, 6) is 1.55. The van der Waals surface area contributed by atoms with Crippen molar-refractivity contribution in [3.8, 4) is 0 Å². The van der Waals surface area contributed by atoms with Gasteiger partial charge in [-0.15, -0.1) is 0 Å². The SMILES string of the molecule is CCONC1CC2(CCC2)OC2=C1C=C(O)C(C)C2(C)C. The van der Waals surface area contributed by atoms with E-state index in [4.69, 9.17) is 9.57 Å². The van der Waals surface area contributed by atoms with Gasteiger partial charge in [-0.25, -0.2) is 0 Å². The van der Waals surface area contributed by atoms with Crippen LogP contribution in [0.15, 0.2) is 23.2 Å². The van der Waals surface area contributed by atoms with Crippen LogP contribution in [0, 0.1) is 11.3 Å². The Balaban J connectivity index is 1.99. The summed E-state index contributed by atoms with van der Waals surface area (Å²) in [6, 6.07) is 0.0999. The van der Waals surface area contributed by atoms with Crippen LogP contribution in [0.3, 0.4) is 0 Å². The molecule has 3 aliphatic rings. The van der Waals surface area contributed by atoms with Crippen molar-refractivity contribution in [1.29, 1.82) is 0 Å². The van der Waals surface area contributed by atoms with Gasteiger partial charge in [-0.1, -0.05) is 20.8 Å². The number of hydrogen-bond acceptors (Lipinski definition) is 4. The van der Waals surface area contributed by atoms with Gasteiger partial charge in [0.15, 0.2) is 0 Å². The third-order valence-electron chi connectivity index (χ3n) is 5.58. The molecule has 2 N–H and O–H groups in total. The van der Waals surface area contributed by atoms with Crippen molar-refractivity contribution in [1.82, 2.24) is 5.48 Å². The summed E-state index contributed by atoms with van der Waals surface area (Å²) in [5, 5.41) is 10.3. The van der Waals surface area contributed by atoms with Gasteiger partial charge >= 0.3 is 0 Å². The molecule has 118 valence electrons. The molecular weight excluding hydrogens is 266 g/mol. The van der Waals surface area contributed by atoms with E-state index < -0.39 is 0 Å². The molecule has 4 heteroatoms. The van der Waals surface area contributed by atoms with Crippen LogP contribution in [0.5, 0.6) is 0 Å². The maximum atomic E-state index is 10.3. The van der Waals surface area contributed by atoms with Gasteiger partial charge in [-0.2, -0.15) is 5.48 Å². The second-order valence-electron chi connectivity index (χ2n) is 7.24. The van der Waals surface area contributed by atoms with E-state index in [2.05, 4.69) is 26.3 Å². The highest BCUT2D eigenvalue weighted by Gasteiger charge is 2.51. The van der Waals surface area contributed by atoms with Gasteiger partial charge in [0.1, 0.15) is 11.4 Å². The monoisotopic (exact) mass is 293 g/mol. The Hall–Kier alpha value is -1.00. The minimum absolute atomic E-state index is 0.0224. The van der Waals surface area contributed by atoms with E-state index in [0.29, 0.717) is 12.4 Å². The number of hydroxylamine groups is 1. The highest BCUT2D eigenvalue weighted by molar-refractivity contribution is 5.40. The molecule has 4 nitrogen and oxygen atoms in total. The van der Waals surface area contributed by atoms with Crippen LogP contribution in [-0.4, -0.2) is 23.4 Å². The first kappa shape index (κ1) is 14.9. The third kappa shape index (κ3) is 2.29. The van der Waals surface area contributed by atoms with Gasteiger partial charge in [0, 0.05) is 23.3 Å². The molecule has 1 fully saturated rings. The molecule has 1 aliphatic heterocycles. The van der Waals surface area contributed by atoms with Gasteiger partial charge in [0.25, 0.3) is 0 Å². The molecule has 2 atom stereocenters. The quantitative estimate of drug-likeness (QED) is 0.780. The maximum Gasteiger partial charge on any atom is 0.111 e. The summed E-state index contributed by atoms with van der Waals surface area (Å²) in [5.41, 5.74) is 4.02. The number of hydrogen-bond donors (Lipinski definition) is 2. The summed E-state index contributed by atoms with van der Waals surface area (Å²) in [4.78, 5) is 5.46. The second-order valence-corrected chi connectivity index (χ2v) is 7.24. The fourth-order valence-corrected chi connectivity index (χ4v) is 3.64. The van der Waals surface area contributed by atoms with Crippen molar-refractivity contribution in [2.45, 2.75) is 65.0 Å². The Morgan fingerprint density at radius 1 is 1.43 bits per heavy atom. The highest BCUT2D eigenvalue weighted by Crippen LogP contribution is 2.54. The highest BCUT2D eigenvalue weighted by atomic mass is 16.6. The van der Waals surface area contributed by atoms with Crippen LogP contribution in [0.1, 0.15) is 53.4 Å². The average molecular weight is 293 g/mol. The lowest BCUT2D eigenvalue weighted by Crippen LogP contribution is -2.53. The molecule has 3 rings (SSSR count). The van der Waals surface area contributed by atoms with Crippen LogP contribution in [-0.2, 0) is 9.57 Å². The van der Waals surface area contributed by atoms with Crippen LogP contribution in [0.4, 0.5) is 0 Å². The van der Waals surface area contributed by atoms with Gasteiger partial charge < -0.3 is 14.7 Å². The standard InChI is InChI=1S/C17H27NO3/c1-5-20-18-13-10-17(7-6-8-17)21-15-12(13)9-14(19)11(2)16(15,3)4/h9,11,13,18-19H,5-8,10H2,1-4H3. The van der Waals surface area contributed by atoms with Crippen LogP contribution >= 0.6 is 0 Å². The molecular formula is C17H27NO3. The van der Waals surface area contributed by atoms with Gasteiger partial charge in [0.05, 0.1) is 18.4 Å². The molecule has 0 aromatic rings. The lowest BCUT2D eigenvalue weighted by atomic mass is 9.66. The molecule has 2 aliphatic carbocycles. The van der Waals surface area contributed by atoms with E-state index in [1.165, 1.54) is 6.42 Å². The zero-order valence-corrected chi connectivity index (χ0v) is 13.5. The van der Waals surface area contributed by atoms with E-state index >= 15 is 0 Å². The first-order valence-electron chi connectivity index (χ1n) is 8.11. The molecule has 2 unspecified atom stereocenters. The molecule has 0 radical (unpaired) electrons. The Kier molecular flexibility index (Phi) is 3.57. The van der Waals surface area contributed by atoms with Crippen molar-refractivity contribution >= 4 is 0 Å². The minimum atomic E-state index is -0.191. The Labute approximate surface area is 127 Å². The zero-order chi connectivity index (χ0) is 15.3. The molecule has 0 aromatic heterocycles. The summed E-state index contributed by atoms with van der Waals surface area (Å²) >= 11 is 0. The van der Waals surface area contributed by atoms with Crippen molar-refractivity contribution in [2.24, 2.45) is 11.3 Å². The summed E-state index contributed by atoms with van der Waals surface area (Å²) in [6.45, 7) is 8.98. The topological polar surface area (TPSA) is 50.7 Å². The lowest BCUT2D eigenvalue weighted by Gasteiger charge is -2.53. The summed E-state index contributed by atoms with van der Waals surface area (Å²) in [6.07, 6.45) is 6.27. The first-order chi connectivity index (χ1) is 9.89.